The van der Waals surface area contributed by atoms with Gasteiger partial charge in [0.15, 0.2) is 9.84 Å². The predicted molar refractivity (Wildman–Crippen MR) is 83.7 cm³/mol. The summed E-state index contributed by atoms with van der Waals surface area (Å²) in [4.78, 5) is 0. The molecule has 0 fully saturated rings. The first-order valence-corrected chi connectivity index (χ1v) is 8.57. The van der Waals surface area contributed by atoms with E-state index in [-0.39, 0.29) is 11.5 Å². The second-order valence-electron chi connectivity index (χ2n) is 5.05. The molecule has 0 heterocycles. The highest BCUT2D eigenvalue weighted by Gasteiger charge is 2.16. The summed E-state index contributed by atoms with van der Waals surface area (Å²) in [6.07, 6.45) is 0. The van der Waals surface area contributed by atoms with Gasteiger partial charge in [-0.3, -0.25) is 0 Å². The predicted octanol–water partition coefficient (Wildman–Crippen LogP) is 4.07. The van der Waals surface area contributed by atoms with Crippen molar-refractivity contribution < 1.29 is 8.42 Å². The number of halogens is 1. The minimum atomic E-state index is -3.23. The Hall–Kier alpha value is -1.32. The van der Waals surface area contributed by atoms with Crippen LogP contribution in [0.5, 0.6) is 0 Å². The molecule has 0 amide bonds. The van der Waals surface area contributed by atoms with Crippen molar-refractivity contribution in [1.29, 1.82) is 0 Å². The molecule has 4 heteroatoms. The van der Waals surface area contributed by atoms with E-state index in [4.69, 9.17) is 11.6 Å². The topological polar surface area (TPSA) is 34.1 Å². The van der Waals surface area contributed by atoms with Crippen LogP contribution in [0.3, 0.4) is 0 Å². The molecule has 2 aromatic carbocycles. The fourth-order valence-electron chi connectivity index (χ4n) is 2.10. The Morgan fingerprint density at radius 2 is 1.60 bits per heavy atom. The number of sulfone groups is 1. The first kappa shape index (κ1) is 15.1. The van der Waals surface area contributed by atoms with Crippen LogP contribution in [0.15, 0.2) is 42.5 Å². The standard InChI is InChI=1S/C16H17ClO2S/c1-12-7-8-13(2)15(9-12)11-20(18,19)10-14-5-3-4-6-16(14)17/h3-9H,10-11H2,1-2H3. The van der Waals surface area contributed by atoms with E-state index in [2.05, 4.69) is 0 Å². The lowest BCUT2D eigenvalue weighted by Gasteiger charge is -2.09. The van der Waals surface area contributed by atoms with Crippen LogP contribution in [0.1, 0.15) is 22.3 Å². The summed E-state index contributed by atoms with van der Waals surface area (Å²) in [6.45, 7) is 3.89. The third-order valence-electron chi connectivity index (χ3n) is 3.21. The van der Waals surface area contributed by atoms with Crippen molar-refractivity contribution in [2.24, 2.45) is 0 Å². The highest BCUT2D eigenvalue weighted by Crippen LogP contribution is 2.21. The Labute approximate surface area is 125 Å². The van der Waals surface area contributed by atoms with Crippen LogP contribution in [0.25, 0.3) is 0 Å². The average Bonchev–Trinajstić information content (AvgIpc) is 2.36. The van der Waals surface area contributed by atoms with Crippen LogP contribution in [-0.4, -0.2) is 8.42 Å². The van der Waals surface area contributed by atoms with Crippen LogP contribution < -0.4 is 0 Å². The van der Waals surface area contributed by atoms with E-state index in [1.807, 2.05) is 32.0 Å². The fourth-order valence-corrected chi connectivity index (χ4v) is 3.99. The van der Waals surface area contributed by atoms with E-state index in [1.54, 1.807) is 24.3 Å². The van der Waals surface area contributed by atoms with E-state index in [9.17, 15) is 8.42 Å². The molecule has 0 aliphatic carbocycles. The van der Waals surface area contributed by atoms with E-state index >= 15 is 0 Å². The van der Waals surface area contributed by atoms with Gasteiger partial charge in [0.25, 0.3) is 0 Å². The Balaban J connectivity index is 2.24. The van der Waals surface area contributed by atoms with Crippen LogP contribution in [0, 0.1) is 13.8 Å². The van der Waals surface area contributed by atoms with E-state index in [0.29, 0.717) is 10.6 Å². The van der Waals surface area contributed by atoms with Gasteiger partial charge >= 0.3 is 0 Å². The molecule has 0 saturated heterocycles. The first-order chi connectivity index (χ1) is 9.37. The lowest BCUT2D eigenvalue weighted by atomic mass is 10.1. The summed E-state index contributed by atoms with van der Waals surface area (Å²) in [7, 11) is -3.23. The molecule has 0 N–H and O–H groups in total. The van der Waals surface area contributed by atoms with Crippen molar-refractivity contribution in [3.8, 4) is 0 Å². The first-order valence-electron chi connectivity index (χ1n) is 6.37. The van der Waals surface area contributed by atoms with Gasteiger partial charge in [-0.2, -0.15) is 0 Å². The molecular formula is C16H17ClO2S. The largest absolute Gasteiger partial charge is 0.228 e. The van der Waals surface area contributed by atoms with Gasteiger partial charge in [0.05, 0.1) is 11.5 Å². The highest BCUT2D eigenvalue weighted by molar-refractivity contribution is 7.89. The van der Waals surface area contributed by atoms with Crippen LogP contribution in [0.2, 0.25) is 5.02 Å². The molecule has 2 aromatic rings. The van der Waals surface area contributed by atoms with Gasteiger partial charge in [-0.05, 0) is 36.6 Å². The molecular weight excluding hydrogens is 292 g/mol. The van der Waals surface area contributed by atoms with Gasteiger partial charge in [0.2, 0.25) is 0 Å². The molecule has 0 aliphatic rings. The minimum Gasteiger partial charge on any atom is -0.228 e. The fraction of sp³-hybridized carbons (Fsp3) is 0.250. The van der Waals surface area contributed by atoms with Gasteiger partial charge in [-0.15, -0.1) is 0 Å². The highest BCUT2D eigenvalue weighted by atomic mass is 35.5. The van der Waals surface area contributed by atoms with Gasteiger partial charge < -0.3 is 0 Å². The summed E-state index contributed by atoms with van der Waals surface area (Å²) < 4.78 is 24.7. The summed E-state index contributed by atoms with van der Waals surface area (Å²) >= 11 is 6.03. The zero-order valence-electron chi connectivity index (χ0n) is 11.6. The SMILES string of the molecule is Cc1ccc(C)c(CS(=O)(=O)Cc2ccccc2Cl)c1. The molecule has 0 saturated carbocycles. The maximum absolute atomic E-state index is 12.3. The molecule has 0 unspecified atom stereocenters. The molecule has 0 spiro atoms. The zero-order chi connectivity index (χ0) is 14.8. The average molecular weight is 309 g/mol. The van der Waals surface area contributed by atoms with E-state index in [0.717, 1.165) is 16.7 Å². The number of hydrogen-bond donors (Lipinski definition) is 0. The lowest BCUT2D eigenvalue weighted by Crippen LogP contribution is -2.09. The lowest BCUT2D eigenvalue weighted by molar-refractivity contribution is 0.594. The molecule has 20 heavy (non-hydrogen) atoms. The summed E-state index contributed by atoms with van der Waals surface area (Å²) in [6, 6.07) is 12.9. The van der Waals surface area contributed by atoms with Gasteiger partial charge in [0, 0.05) is 5.02 Å². The second kappa shape index (κ2) is 5.98. The van der Waals surface area contributed by atoms with Crippen molar-refractivity contribution in [3.63, 3.8) is 0 Å². The minimum absolute atomic E-state index is 0.0277. The van der Waals surface area contributed by atoms with Gasteiger partial charge in [-0.25, -0.2) is 8.42 Å². The van der Waals surface area contributed by atoms with Crippen LogP contribution in [-0.2, 0) is 21.3 Å². The number of hydrogen-bond acceptors (Lipinski definition) is 2. The molecule has 0 atom stereocenters. The molecule has 0 aliphatic heterocycles. The quantitative estimate of drug-likeness (QED) is 0.853. The maximum atomic E-state index is 12.3. The molecule has 0 aromatic heterocycles. The molecule has 0 radical (unpaired) electrons. The van der Waals surface area contributed by atoms with Crippen molar-refractivity contribution >= 4 is 21.4 Å². The summed E-state index contributed by atoms with van der Waals surface area (Å²) in [5.74, 6) is 0.0196. The Morgan fingerprint density at radius 1 is 0.950 bits per heavy atom. The van der Waals surface area contributed by atoms with Crippen LogP contribution in [0.4, 0.5) is 0 Å². The summed E-state index contributed by atoms with van der Waals surface area (Å²) in [5, 5.41) is 0.497. The number of aryl methyl sites for hydroxylation is 2. The molecule has 2 rings (SSSR count). The molecule has 2 nitrogen and oxygen atoms in total. The van der Waals surface area contributed by atoms with Crippen molar-refractivity contribution in [1.82, 2.24) is 0 Å². The Morgan fingerprint density at radius 3 is 2.30 bits per heavy atom. The Bertz CT molecular complexity index is 721. The third-order valence-corrected chi connectivity index (χ3v) is 5.08. The second-order valence-corrected chi connectivity index (χ2v) is 7.53. The third kappa shape index (κ3) is 3.84. The smallest absolute Gasteiger partial charge is 0.158 e. The van der Waals surface area contributed by atoms with E-state index in [1.165, 1.54) is 0 Å². The molecule has 106 valence electrons. The Kier molecular flexibility index (Phi) is 4.51. The van der Waals surface area contributed by atoms with E-state index < -0.39 is 9.84 Å². The normalized spacial score (nSPS) is 11.6. The number of benzene rings is 2. The van der Waals surface area contributed by atoms with Crippen molar-refractivity contribution in [2.75, 3.05) is 0 Å². The van der Waals surface area contributed by atoms with Gasteiger partial charge in [-0.1, -0.05) is 53.6 Å². The number of rotatable bonds is 4. The van der Waals surface area contributed by atoms with Gasteiger partial charge in [0.1, 0.15) is 0 Å². The molecule has 0 bridgehead atoms. The summed E-state index contributed by atoms with van der Waals surface area (Å²) in [5.41, 5.74) is 3.58. The monoisotopic (exact) mass is 308 g/mol. The zero-order valence-corrected chi connectivity index (χ0v) is 13.1. The maximum Gasteiger partial charge on any atom is 0.158 e. The van der Waals surface area contributed by atoms with Crippen LogP contribution >= 0.6 is 11.6 Å². The van der Waals surface area contributed by atoms with Crippen molar-refractivity contribution in [3.05, 3.63) is 69.7 Å². The van der Waals surface area contributed by atoms with Crippen molar-refractivity contribution in [2.45, 2.75) is 25.4 Å².